The zero-order valence-corrected chi connectivity index (χ0v) is 19.1. The van der Waals surface area contributed by atoms with Crippen molar-refractivity contribution in [2.24, 2.45) is 0 Å². The zero-order chi connectivity index (χ0) is 24.1. The van der Waals surface area contributed by atoms with Gasteiger partial charge in [0.2, 0.25) is 0 Å². The van der Waals surface area contributed by atoms with Gasteiger partial charge in [-0.15, -0.1) is 0 Å². The molecule has 1 atom stereocenters. The number of carbonyl (C=O) groups excluding carboxylic acids is 1. The Hall–Kier alpha value is -3.98. The van der Waals surface area contributed by atoms with Crippen molar-refractivity contribution in [3.05, 3.63) is 82.7 Å². The van der Waals surface area contributed by atoms with Crippen LogP contribution in [0.5, 0.6) is 5.75 Å². The number of carbonyl (C=O) groups is 2. The van der Waals surface area contributed by atoms with Crippen LogP contribution in [0.15, 0.2) is 71.6 Å². The van der Waals surface area contributed by atoms with Gasteiger partial charge in [-0.05, 0) is 47.9 Å². The second-order valence-electron chi connectivity index (χ2n) is 8.06. The van der Waals surface area contributed by atoms with E-state index in [9.17, 15) is 14.7 Å². The van der Waals surface area contributed by atoms with Crippen molar-refractivity contribution < 1.29 is 24.2 Å². The van der Waals surface area contributed by atoms with Crippen molar-refractivity contribution in [1.29, 1.82) is 0 Å². The smallest absolute Gasteiger partial charge is 0.407 e. The maximum atomic E-state index is 12.0. The molecule has 1 amide bonds. The molecule has 0 radical (unpaired) electrons. The number of carboxylic acids is 1. The van der Waals surface area contributed by atoms with Gasteiger partial charge in [0.1, 0.15) is 18.2 Å². The van der Waals surface area contributed by atoms with Crippen LogP contribution in [-0.4, -0.2) is 48.4 Å². The summed E-state index contributed by atoms with van der Waals surface area (Å²) < 4.78 is 10.4. The van der Waals surface area contributed by atoms with Crippen LogP contribution in [0.25, 0.3) is 5.70 Å². The van der Waals surface area contributed by atoms with E-state index in [-0.39, 0.29) is 12.6 Å². The molecule has 0 saturated carbocycles. The van der Waals surface area contributed by atoms with Gasteiger partial charge in [-0.3, -0.25) is 0 Å². The van der Waals surface area contributed by atoms with E-state index in [0.29, 0.717) is 36.5 Å². The second-order valence-corrected chi connectivity index (χ2v) is 8.06. The van der Waals surface area contributed by atoms with E-state index in [2.05, 4.69) is 16.1 Å². The third-order valence-electron chi connectivity index (χ3n) is 5.94. The van der Waals surface area contributed by atoms with E-state index >= 15 is 0 Å². The molecule has 9 heteroatoms. The van der Waals surface area contributed by atoms with Gasteiger partial charge in [0.25, 0.3) is 0 Å². The van der Waals surface area contributed by atoms with Gasteiger partial charge in [0.05, 0.1) is 24.4 Å². The maximum Gasteiger partial charge on any atom is 0.407 e. The number of hydrogen-bond donors (Lipinski definition) is 4. The van der Waals surface area contributed by atoms with Crippen LogP contribution in [0, 0.1) is 0 Å². The highest BCUT2D eigenvalue weighted by Crippen LogP contribution is 2.34. The van der Waals surface area contributed by atoms with Crippen molar-refractivity contribution in [2.45, 2.75) is 26.0 Å². The first kappa shape index (κ1) is 23.2. The van der Waals surface area contributed by atoms with Crippen LogP contribution in [0.1, 0.15) is 24.5 Å². The Morgan fingerprint density at radius 1 is 1.15 bits per heavy atom. The van der Waals surface area contributed by atoms with Gasteiger partial charge in [0.15, 0.2) is 0 Å². The highest BCUT2D eigenvalue weighted by molar-refractivity contribution is 5.97. The van der Waals surface area contributed by atoms with Crippen molar-refractivity contribution in [3.8, 4) is 5.75 Å². The van der Waals surface area contributed by atoms with E-state index in [4.69, 9.17) is 9.47 Å². The minimum atomic E-state index is -0.960. The van der Waals surface area contributed by atoms with Crippen LogP contribution in [0.3, 0.4) is 0 Å². The number of aliphatic carboxylic acids is 1. The molecule has 2 aromatic rings. The summed E-state index contributed by atoms with van der Waals surface area (Å²) in [5.41, 5.74) is 6.82. The van der Waals surface area contributed by atoms with Crippen molar-refractivity contribution in [3.63, 3.8) is 0 Å². The van der Waals surface area contributed by atoms with E-state index < -0.39 is 12.1 Å². The number of nitrogens with zero attached hydrogens (tertiary/aromatic N) is 1. The molecule has 0 bridgehead atoms. The maximum absolute atomic E-state index is 12.0. The number of hydrogen-bond acceptors (Lipinski definition) is 7. The monoisotopic (exact) mass is 464 g/mol. The summed E-state index contributed by atoms with van der Waals surface area (Å²) in [6.45, 7) is 3.10. The molecular formula is C25H28N4O5. The highest BCUT2D eigenvalue weighted by Gasteiger charge is 2.35. The number of carboxylic acid groups (broad SMARTS) is 1. The number of dihydropyridines is 1. The van der Waals surface area contributed by atoms with Crippen LogP contribution >= 0.6 is 0 Å². The van der Waals surface area contributed by atoms with E-state index in [0.717, 1.165) is 22.5 Å². The Balaban J connectivity index is 1.33. The van der Waals surface area contributed by atoms with Crippen LogP contribution in [-0.2, 0) is 16.1 Å². The number of methoxy groups -OCH3 is 1. The van der Waals surface area contributed by atoms with Crippen molar-refractivity contribution >= 4 is 17.8 Å². The molecule has 1 unspecified atom stereocenters. The standard InChI is InChI=1S/C25H28N4O5/c1-16-20-14-21(24(30)31)22(18-8-10-19(33-2)11-9-18)27-23(20)28-29(16)13-12-26-25(32)34-15-17-6-4-3-5-7-17/h3-11,16,27-28H,12-15H2,1-2H3,(H,26,32)(H,30,31). The molecule has 4 rings (SSSR count). The molecule has 0 fully saturated rings. The Labute approximate surface area is 198 Å². The number of benzene rings is 2. The van der Waals surface area contributed by atoms with Crippen LogP contribution in [0.2, 0.25) is 0 Å². The van der Waals surface area contributed by atoms with Crippen LogP contribution < -0.4 is 20.8 Å². The average Bonchev–Trinajstić information content (AvgIpc) is 3.17. The SMILES string of the molecule is COc1ccc(C2=C(C(=O)O)CC3=C(N2)NN(CCNC(=O)OCc2ccccc2)C3C)cc1. The van der Waals surface area contributed by atoms with E-state index in [1.54, 1.807) is 19.2 Å². The third-order valence-corrected chi connectivity index (χ3v) is 5.94. The Kier molecular flexibility index (Phi) is 7.03. The lowest BCUT2D eigenvalue weighted by Gasteiger charge is -2.23. The minimum absolute atomic E-state index is 0.0450. The number of ether oxygens (including phenoxy) is 2. The Bertz CT molecular complexity index is 1110. The third kappa shape index (κ3) is 5.15. The molecule has 178 valence electrons. The summed E-state index contributed by atoms with van der Waals surface area (Å²) in [4.78, 5) is 24.0. The van der Waals surface area contributed by atoms with Gasteiger partial charge in [0, 0.05) is 19.5 Å². The van der Waals surface area contributed by atoms with E-state index in [1.807, 2.05) is 54.4 Å². The summed E-state index contributed by atoms with van der Waals surface area (Å²) in [6.07, 6.45) is -0.167. The fraction of sp³-hybridized carbons (Fsp3) is 0.280. The molecule has 2 aromatic carbocycles. The molecular weight excluding hydrogens is 436 g/mol. The molecule has 4 N–H and O–H groups in total. The fourth-order valence-corrected chi connectivity index (χ4v) is 4.02. The lowest BCUT2D eigenvalue weighted by molar-refractivity contribution is -0.132. The molecule has 2 aliphatic heterocycles. The summed E-state index contributed by atoms with van der Waals surface area (Å²) in [5.74, 6) is 0.513. The normalized spacial score (nSPS) is 17.5. The van der Waals surface area contributed by atoms with Crippen molar-refractivity contribution in [2.75, 3.05) is 20.2 Å². The quantitative estimate of drug-likeness (QED) is 0.472. The molecule has 2 aliphatic rings. The zero-order valence-electron chi connectivity index (χ0n) is 19.1. The summed E-state index contributed by atoms with van der Waals surface area (Å²) in [6, 6.07) is 16.7. The summed E-state index contributed by atoms with van der Waals surface area (Å²) >= 11 is 0. The molecule has 0 aliphatic carbocycles. The number of alkyl carbamates (subject to hydrolysis) is 1. The second kappa shape index (κ2) is 10.3. The van der Waals surface area contributed by atoms with Gasteiger partial charge in [-0.2, -0.15) is 0 Å². The molecule has 0 aromatic heterocycles. The number of rotatable bonds is 8. The predicted octanol–water partition coefficient (Wildman–Crippen LogP) is 2.83. The molecule has 34 heavy (non-hydrogen) atoms. The predicted molar refractivity (Wildman–Crippen MR) is 126 cm³/mol. The average molecular weight is 465 g/mol. The largest absolute Gasteiger partial charge is 0.497 e. The summed E-state index contributed by atoms with van der Waals surface area (Å²) in [7, 11) is 1.59. The number of hydrazine groups is 1. The van der Waals surface area contributed by atoms with Gasteiger partial charge >= 0.3 is 12.1 Å². The highest BCUT2D eigenvalue weighted by atomic mass is 16.5. The van der Waals surface area contributed by atoms with Crippen LogP contribution in [0.4, 0.5) is 4.79 Å². The number of amides is 1. The van der Waals surface area contributed by atoms with Gasteiger partial charge in [-0.25, -0.2) is 14.6 Å². The first-order valence-electron chi connectivity index (χ1n) is 11.0. The first-order valence-corrected chi connectivity index (χ1v) is 11.0. The first-order chi connectivity index (χ1) is 16.5. The van der Waals surface area contributed by atoms with Gasteiger partial charge < -0.3 is 30.6 Å². The fourth-order valence-electron chi connectivity index (χ4n) is 4.02. The topological polar surface area (TPSA) is 112 Å². The van der Waals surface area contributed by atoms with E-state index in [1.165, 1.54) is 0 Å². The van der Waals surface area contributed by atoms with Crippen molar-refractivity contribution in [1.82, 2.24) is 21.1 Å². The molecule has 0 spiro atoms. The molecule has 0 saturated heterocycles. The Morgan fingerprint density at radius 2 is 1.88 bits per heavy atom. The molecule has 2 heterocycles. The lowest BCUT2D eigenvalue weighted by Crippen LogP contribution is -2.44. The Morgan fingerprint density at radius 3 is 2.56 bits per heavy atom. The lowest BCUT2D eigenvalue weighted by atomic mass is 9.93. The summed E-state index contributed by atoms with van der Waals surface area (Å²) in [5, 5.41) is 17.8. The number of nitrogens with one attached hydrogen (secondary N) is 3. The minimum Gasteiger partial charge on any atom is -0.497 e. The van der Waals surface area contributed by atoms with Gasteiger partial charge in [-0.1, -0.05) is 30.3 Å². The molecule has 9 nitrogen and oxygen atoms in total.